The van der Waals surface area contributed by atoms with Crippen LogP contribution in [0.1, 0.15) is 103 Å². The number of hydrogen-bond acceptors (Lipinski definition) is 0. The zero-order valence-corrected chi connectivity index (χ0v) is 23.0. The maximum Gasteiger partial charge on any atom is 0.0471 e. The summed E-state index contributed by atoms with van der Waals surface area (Å²) in [5.74, 6) is 1.22. The maximum atomic E-state index is 3.72. The minimum absolute atomic E-state index is 0.0803. The highest BCUT2D eigenvalue weighted by atomic mass is 14.7. The Morgan fingerprint density at radius 2 is 1.25 bits per heavy atom. The van der Waals surface area contributed by atoms with Crippen molar-refractivity contribution >= 4 is 21.8 Å². The number of aromatic amines is 1. The second-order valence-electron chi connectivity index (χ2n) is 11.5. The summed E-state index contributed by atoms with van der Waals surface area (Å²) in [5, 5.41) is 2.74. The van der Waals surface area contributed by atoms with Crippen molar-refractivity contribution < 1.29 is 0 Å². The monoisotopic (exact) mass is 479 g/mol. The molecule has 1 heterocycles. The molecule has 5 rings (SSSR count). The molecule has 1 aliphatic rings. The minimum Gasteiger partial charge on any atom is -0.354 e. The summed E-state index contributed by atoms with van der Waals surface area (Å²) in [7, 11) is 0. The van der Waals surface area contributed by atoms with Crippen LogP contribution >= 0.6 is 0 Å². The van der Waals surface area contributed by atoms with Crippen molar-refractivity contribution in [3.63, 3.8) is 0 Å². The summed E-state index contributed by atoms with van der Waals surface area (Å²) < 4.78 is 0. The Balaban J connectivity index is 1.68. The minimum atomic E-state index is 0.0803. The molecule has 0 saturated carbocycles. The van der Waals surface area contributed by atoms with E-state index in [1.165, 1.54) is 97.1 Å². The van der Waals surface area contributed by atoms with Gasteiger partial charge in [0.1, 0.15) is 0 Å². The molecule has 190 valence electrons. The molecule has 1 nitrogen and oxygen atoms in total. The van der Waals surface area contributed by atoms with E-state index in [0.29, 0.717) is 11.8 Å². The zero-order chi connectivity index (χ0) is 25.1. The number of unbranched alkanes of at least 4 members (excludes halogenated alkanes) is 6. The molecule has 0 radical (unpaired) electrons. The summed E-state index contributed by atoms with van der Waals surface area (Å²) in [5.41, 5.74) is 8.70. The highest BCUT2D eigenvalue weighted by Gasteiger charge is 2.50. The van der Waals surface area contributed by atoms with E-state index in [1.807, 2.05) is 0 Å². The number of fused-ring (bicyclic) bond motifs is 6. The van der Waals surface area contributed by atoms with Gasteiger partial charge in [-0.25, -0.2) is 0 Å². The first-order valence-electron chi connectivity index (χ1n) is 14.8. The highest BCUT2D eigenvalue weighted by molar-refractivity contribution is 6.09. The molecule has 0 spiro atoms. The highest BCUT2D eigenvalue weighted by Crippen LogP contribution is 2.59. The van der Waals surface area contributed by atoms with Crippen LogP contribution in [-0.4, -0.2) is 4.98 Å². The van der Waals surface area contributed by atoms with Gasteiger partial charge in [-0.2, -0.15) is 0 Å². The third-order valence-corrected chi connectivity index (χ3v) is 9.29. The average molecular weight is 480 g/mol. The SMILES string of the molecule is CCCCCCC(C)C1(C(C)CCCCCC)c2ccccc2-c2cc3[nH]c4ccccc4c3cc21. The standard InChI is InChI=1S/C35H45N/c1-5-7-9-11-17-25(3)35(26(4)18-12-10-8-6-2)31-21-15-13-19-27(31)29-24-34-30(23-32(29)35)28-20-14-16-22-33(28)36-34/h13-16,19-26,36H,5-12,17-18H2,1-4H3. The lowest BCUT2D eigenvalue weighted by molar-refractivity contribution is 0.216. The first kappa shape index (κ1) is 25.1. The van der Waals surface area contributed by atoms with Crippen LogP contribution in [0.4, 0.5) is 0 Å². The van der Waals surface area contributed by atoms with E-state index in [4.69, 9.17) is 0 Å². The van der Waals surface area contributed by atoms with Crippen molar-refractivity contribution in [1.29, 1.82) is 0 Å². The number of aromatic nitrogens is 1. The van der Waals surface area contributed by atoms with Gasteiger partial charge in [0.25, 0.3) is 0 Å². The van der Waals surface area contributed by atoms with Crippen LogP contribution in [0.3, 0.4) is 0 Å². The van der Waals surface area contributed by atoms with Gasteiger partial charge in [0, 0.05) is 27.2 Å². The number of H-pyrrole nitrogens is 1. The predicted octanol–water partition coefficient (Wildman–Crippen LogP) is 10.8. The van der Waals surface area contributed by atoms with Gasteiger partial charge in [0.15, 0.2) is 0 Å². The number of nitrogens with one attached hydrogen (secondary N) is 1. The summed E-state index contributed by atoms with van der Waals surface area (Å²) in [6.07, 6.45) is 13.3. The van der Waals surface area contributed by atoms with Crippen LogP contribution in [0.25, 0.3) is 32.9 Å². The quantitative estimate of drug-likeness (QED) is 0.194. The fourth-order valence-electron chi connectivity index (χ4n) is 7.44. The van der Waals surface area contributed by atoms with Crippen LogP contribution in [-0.2, 0) is 5.41 Å². The van der Waals surface area contributed by atoms with Crippen LogP contribution in [0.5, 0.6) is 0 Å². The number of rotatable bonds is 12. The summed E-state index contributed by atoms with van der Waals surface area (Å²) >= 11 is 0. The molecule has 2 atom stereocenters. The molecule has 2 unspecified atom stereocenters. The van der Waals surface area contributed by atoms with Crippen molar-refractivity contribution in [2.24, 2.45) is 11.8 Å². The van der Waals surface area contributed by atoms with Crippen molar-refractivity contribution in [3.8, 4) is 11.1 Å². The summed E-state index contributed by atoms with van der Waals surface area (Å²) in [6, 6.07) is 23.3. The topological polar surface area (TPSA) is 15.8 Å². The molecule has 1 N–H and O–H groups in total. The molecule has 0 fully saturated rings. The predicted molar refractivity (Wildman–Crippen MR) is 158 cm³/mol. The van der Waals surface area contributed by atoms with Gasteiger partial charge in [0.05, 0.1) is 0 Å². The summed E-state index contributed by atoms with van der Waals surface area (Å²) in [4.78, 5) is 3.72. The molecular formula is C35H45N. The normalized spacial score (nSPS) is 18.4. The molecule has 0 amide bonds. The first-order valence-corrected chi connectivity index (χ1v) is 14.8. The van der Waals surface area contributed by atoms with Gasteiger partial charge in [-0.1, -0.05) is 122 Å². The second-order valence-corrected chi connectivity index (χ2v) is 11.5. The Morgan fingerprint density at radius 3 is 1.94 bits per heavy atom. The van der Waals surface area contributed by atoms with E-state index in [1.54, 1.807) is 11.1 Å². The fourth-order valence-corrected chi connectivity index (χ4v) is 7.44. The van der Waals surface area contributed by atoms with Crippen molar-refractivity contribution in [1.82, 2.24) is 4.98 Å². The van der Waals surface area contributed by atoms with E-state index in [2.05, 4.69) is 93.3 Å². The number of para-hydroxylation sites is 1. The van der Waals surface area contributed by atoms with Crippen LogP contribution in [0.2, 0.25) is 0 Å². The van der Waals surface area contributed by atoms with Gasteiger partial charge in [-0.3, -0.25) is 0 Å². The lowest BCUT2D eigenvalue weighted by atomic mass is 9.59. The Morgan fingerprint density at radius 1 is 0.611 bits per heavy atom. The van der Waals surface area contributed by atoms with E-state index >= 15 is 0 Å². The van der Waals surface area contributed by atoms with Crippen molar-refractivity contribution in [3.05, 3.63) is 71.8 Å². The molecule has 4 aromatic rings. The Hall–Kier alpha value is -2.54. The Bertz CT molecular complexity index is 1290. The number of benzene rings is 3. The van der Waals surface area contributed by atoms with Crippen molar-refractivity contribution in [2.75, 3.05) is 0 Å². The molecule has 0 saturated heterocycles. The zero-order valence-electron chi connectivity index (χ0n) is 23.0. The van der Waals surface area contributed by atoms with Crippen LogP contribution in [0.15, 0.2) is 60.7 Å². The van der Waals surface area contributed by atoms with Gasteiger partial charge in [0.2, 0.25) is 0 Å². The third kappa shape index (κ3) is 4.19. The van der Waals surface area contributed by atoms with E-state index in [9.17, 15) is 0 Å². The van der Waals surface area contributed by atoms with E-state index < -0.39 is 0 Å². The molecule has 0 bridgehead atoms. The second kappa shape index (κ2) is 10.8. The maximum absolute atomic E-state index is 3.72. The Labute approximate surface area is 218 Å². The molecule has 1 heteroatoms. The smallest absolute Gasteiger partial charge is 0.0471 e. The largest absolute Gasteiger partial charge is 0.354 e. The third-order valence-electron chi connectivity index (χ3n) is 9.29. The average Bonchev–Trinajstić information content (AvgIpc) is 3.41. The molecule has 36 heavy (non-hydrogen) atoms. The fraction of sp³-hybridized carbons (Fsp3) is 0.486. The van der Waals surface area contributed by atoms with Crippen LogP contribution < -0.4 is 0 Å². The lowest BCUT2D eigenvalue weighted by Gasteiger charge is -2.44. The molecule has 1 aromatic heterocycles. The Kier molecular flexibility index (Phi) is 7.56. The van der Waals surface area contributed by atoms with Gasteiger partial charge >= 0.3 is 0 Å². The molecule has 1 aliphatic carbocycles. The molecular weight excluding hydrogens is 434 g/mol. The first-order chi connectivity index (χ1) is 17.6. The van der Waals surface area contributed by atoms with E-state index in [0.717, 1.165) is 0 Å². The van der Waals surface area contributed by atoms with Gasteiger partial charge < -0.3 is 4.98 Å². The van der Waals surface area contributed by atoms with Crippen molar-refractivity contribution in [2.45, 2.75) is 97.3 Å². The lowest BCUT2D eigenvalue weighted by Crippen LogP contribution is -2.40. The van der Waals surface area contributed by atoms with Crippen LogP contribution in [0, 0.1) is 11.8 Å². The summed E-state index contributed by atoms with van der Waals surface area (Å²) in [6.45, 7) is 9.78. The molecule has 0 aliphatic heterocycles. The van der Waals surface area contributed by atoms with Gasteiger partial charge in [-0.15, -0.1) is 0 Å². The molecule has 3 aromatic carbocycles. The van der Waals surface area contributed by atoms with E-state index in [-0.39, 0.29) is 5.41 Å². The number of hydrogen-bond donors (Lipinski definition) is 1. The van der Waals surface area contributed by atoms with Gasteiger partial charge in [-0.05, 0) is 65.1 Å².